The minimum atomic E-state index is -0.602. The molecule has 0 unspecified atom stereocenters. The monoisotopic (exact) mass is 301 g/mol. The fourth-order valence-electron chi connectivity index (χ4n) is 3.65. The third-order valence-corrected chi connectivity index (χ3v) is 4.59. The summed E-state index contributed by atoms with van der Waals surface area (Å²) in [4.78, 5) is 0. The van der Waals surface area contributed by atoms with Gasteiger partial charge in [-0.15, -0.1) is 0 Å². The van der Waals surface area contributed by atoms with Crippen LogP contribution in [0, 0.1) is 23.4 Å². The molecule has 0 radical (unpaired) electrons. The zero-order chi connectivity index (χ0) is 15.3. The summed E-state index contributed by atoms with van der Waals surface area (Å²) >= 11 is 0. The van der Waals surface area contributed by atoms with E-state index in [2.05, 4.69) is 5.32 Å². The largest absolute Gasteiger partial charge is 0.375 e. The van der Waals surface area contributed by atoms with Crippen molar-refractivity contribution in [2.45, 2.75) is 18.4 Å². The molecule has 1 heterocycles. The van der Waals surface area contributed by atoms with Crippen LogP contribution in [0.1, 0.15) is 29.5 Å². The molecule has 1 nitrogen and oxygen atoms in total. The van der Waals surface area contributed by atoms with E-state index >= 15 is 0 Å². The number of halogens is 3. The summed E-state index contributed by atoms with van der Waals surface area (Å²) in [6.45, 7) is 0. The number of benzene rings is 2. The van der Waals surface area contributed by atoms with Crippen molar-refractivity contribution in [2.24, 2.45) is 5.92 Å². The standard InChI is InChI=1S/C18H14F3N/c19-11-4-1-3-10(7-11)17-14-6-2-5-13(14)15-8-12(20)9-16(21)18(15)22-17/h1-5,7-9,13-14,17,22H,6H2/t13-,14+,17-/m0/s1. The van der Waals surface area contributed by atoms with Gasteiger partial charge in [-0.3, -0.25) is 0 Å². The Labute approximate surface area is 126 Å². The molecule has 1 aliphatic heterocycles. The van der Waals surface area contributed by atoms with Crippen LogP contribution in [0.2, 0.25) is 0 Å². The van der Waals surface area contributed by atoms with Crippen molar-refractivity contribution in [3.63, 3.8) is 0 Å². The van der Waals surface area contributed by atoms with Crippen LogP contribution in [-0.2, 0) is 0 Å². The van der Waals surface area contributed by atoms with Gasteiger partial charge in [-0.1, -0.05) is 24.3 Å². The van der Waals surface area contributed by atoms with Gasteiger partial charge in [0.2, 0.25) is 0 Å². The van der Waals surface area contributed by atoms with E-state index in [-0.39, 0.29) is 23.7 Å². The molecular weight excluding hydrogens is 287 g/mol. The minimum Gasteiger partial charge on any atom is -0.375 e. The summed E-state index contributed by atoms with van der Waals surface area (Å²) in [5.41, 5.74) is 1.75. The van der Waals surface area contributed by atoms with E-state index in [0.29, 0.717) is 11.3 Å². The Hall–Kier alpha value is -2.23. The Bertz CT molecular complexity index is 769. The van der Waals surface area contributed by atoms with Gasteiger partial charge in [0.05, 0.1) is 11.7 Å². The van der Waals surface area contributed by atoms with Crippen molar-refractivity contribution in [1.82, 2.24) is 0 Å². The highest BCUT2D eigenvalue weighted by molar-refractivity contribution is 5.60. The van der Waals surface area contributed by atoms with Crippen LogP contribution in [0.25, 0.3) is 0 Å². The van der Waals surface area contributed by atoms with Crippen LogP contribution >= 0.6 is 0 Å². The molecule has 2 aliphatic rings. The van der Waals surface area contributed by atoms with Crippen LogP contribution in [-0.4, -0.2) is 0 Å². The Morgan fingerprint density at radius 3 is 2.68 bits per heavy atom. The molecular formula is C18H14F3N. The normalized spacial score (nSPS) is 25.5. The summed E-state index contributed by atoms with van der Waals surface area (Å²) in [5, 5.41) is 3.16. The molecule has 0 spiro atoms. The first kappa shape index (κ1) is 13.4. The number of rotatable bonds is 1. The average molecular weight is 301 g/mol. The topological polar surface area (TPSA) is 12.0 Å². The number of fused-ring (bicyclic) bond motifs is 3. The second-order valence-electron chi connectivity index (χ2n) is 5.88. The first-order valence-electron chi connectivity index (χ1n) is 7.31. The molecule has 0 amide bonds. The van der Waals surface area contributed by atoms with Crippen LogP contribution in [0.4, 0.5) is 18.9 Å². The first-order valence-corrected chi connectivity index (χ1v) is 7.31. The molecule has 0 fully saturated rings. The summed E-state index contributed by atoms with van der Waals surface area (Å²) < 4.78 is 41.2. The van der Waals surface area contributed by atoms with E-state index in [1.165, 1.54) is 18.2 Å². The third kappa shape index (κ3) is 2.02. The molecule has 1 aliphatic carbocycles. The number of nitrogens with one attached hydrogen (secondary N) is 1. The maximum atomic E-state index is 14.2. The molecule has 2 aromatic rings. The molecule has 0 bridgehead atoms. The van der Waals surface area contributed by atoms with Gasteiger partial charge in [0.1, 0.15) is 17.5 Å². The number of hydrogen-bond acceptors (Lipinski definition) is 1. The maximum absolute atomic E-state index is 14.2. The van der Waals surface area contributed by atoms with Gasteiger partial charge in [0.15, 0.2) is 0 Å². The Kier molecular flexibility index (Phi) is 2.99. The smallest absolute Gasteiger partial charge is 0.149 e. The van der Waals surface area contributed by atoms with E-state index in [1.54, 1.807) is 6.07 Å². The lowest BCUT2D eigenvalue weighted by Gasteiger charge is -2.37. The molecule has 4 rings (SSSR count). The quantitative estimate of drug-likeness (QED) is 0.736. The predicted octanol–water partition coefficient (Wildman–Crippen LogP) is 4.93. The molecule has 2 aromatic carbocycles. The van der Waals surface area contributed by atoms with E-state index in [0.717, 1.165) is 18.1 Å². The van der Waals surface area contributed by atoms with Gasteiger partial charge in [-0.2, -0.15) is 0 Å². The molecule has 112 valence electrons. The van der Waals surface area contributed by atoms with Gasteiger partial charge in [0.25, 0.3) is 0 Å². The lowest BCUT2D eigenvalue weighted by atomic mass is 9.77. The summed E-state index contributed by atoms with van der Waals surface area (Å²) in [6, 6.07) is 8.43. The zero-order valence-electron chi connectivity index (χ0n) is 11.7. The summed E-state index contributed by atoms with van der Waals surface area (Å²) in [5.74, 6) is -1.39. The Morgan fingerprint density at radius 1 is 1.00 bits per heavy atom. The highest BCUT2D eigenvalue weighted by Gasteiger charge is 2.39. The highest BCUT2D eigenvalue weighted by atomic mass is 19.1. The lowest BCUT2D eigenvalue weighted by Crippen LogP contribution is -2.30. The number of hydrogen-bond donors (Lipinski definition) is 1. The highest BCUT2D eigenvalue weighted by Crippen LogP contribution is 2.50. The second-order valence-corrected chi connectivity index (χ2v) is 5.88. The molecule has 3 atom stereocenters. The Balaban J connectivity index is 1.84. The SMILES string of the molecule is Fc1cccc([C@@H]2Nc3c(F)cc(F)cc3[C@H]3C=CC[C@H]32)c1. The predicted molar refractivity (Wildman–Crippen MR) is 79.1 cm³/mol. The fourth-order valence-corrected chi connectivity index (χ4v) is 3.65. The maximum Gasteiger partial charge on any atom is 0.149 e. The van der Waals surface area contributed by atoms with E-state index in [4.69, 9.17) is 0 Å². The zero-order valence-corrected chi connectivity index (χ0v) is 11.7. The van der Waals surface area contributed by atoms with Crippen molar-refractivity contribution in [2.75, 3.05) is 5.32 Å². The van der Waals surface area contributed by atoms with Crippen molar-refractivity contribution in [3.05, 3.63) is 77.1 Å². The van der Waals surface area contributed by atoms with Gasteiger partial charge in [-0.05, 0) is 41.7 Å². The molecule has 0 saturated carbocycles. The lowest BCUT2D eigenvalue weighted by molar-refractivity contribution is 0.417. The van der Waals surface area contributed by atoms with Crippen molar-refractivity contribution >= 4 is 5.69 Å². The molecule has 4 heteroatoms. The molecule has 22 heavy (non-hydrogen) atoms. The van der Waals surface area contributed by atoms with Crippen molar-refractivity contribution < 1.29 is 13.2 Å². The average Bonchev–Trinajstić information content (AvgIpc) is 2.96. The number of anilines is 1. The third-order valence-electron chi connectivity index (χ3n) is 4.59. The minimum absolute atomic E-state index is 0.0466. The van der Waals surface area contributed by atoms with E-state index in [9.17, 15) is 13.2 Å². The first-order chi connectivity index (χ1) is 10.6. The fraction of sp³-hybridized carbons (Fsp3) is 0.222. The molecule has 0 saturated heterocycles. The van der Waals surface area contributed by atoms with Crippen LogP contribution in [0.5, 0.6) is 0 Å². The van der Waals surface area contributed by atoms with Crippen molar-refractivity contribution in [1.29, 1.82) is 0 Å². The summed E-state index contributed by atoms with van der Waals surface area (Å²) in [6.07, 6.45) is 4.83. The van der Waals surface area contributed by atoms with Gasteiger partial charge < -0.3 is 5.32 Å². The van der Waals surface area contributed by atoms with E-state index < -0.39 is 11.6 Å². The van der Waals surface area contributed by atoms with Crippen LogP contribution in [0.15, 0.2) is 48.6 Å². The molecule has 0 aromatic heterocycles. The van der Waals surface area contributed by atoms with Gasteiger partial charge >= 0.3 is 0 Å². The summed E-state index contributed by atoms with van der Waals surface area (Å²) in [7, 11) is 0. The van der Waals surface area contributed by atoms with Crippen LogP contribution < -0.4 is 5.32 Å². The van der Waals surface area contributed by atoms with E-state index in [1.807, 2.05) is 18.2 Å². The van der Waals surface area contributed by atoms with Crippen LogP contribution in [0.3, 0.4) is 0 Å². The number of allylic oxidation sites excluding steroid dienone is 2. The second kappa shape index (κ2) is 4.90. The van der Waals surface area contributed by atoms with Crippen molar-refractivity contribution in [3.8, 4) is 0 Å². The molecule has 1 N–H and O–H groups in total. The van der Waals surface area contributed by atoms with Gasteiger partial charge in [0, 0.05) is 12.0 Å². The Morgan fingerprint density at radius 2 is 1.86 bits per heavy atom. The van der Waals surface area contributed by atoms with Gasteiger partial charge in [-0.25, -0.2) is 13.2 Å².